The van der Waals surface area contributed by atoms with Gasteiger partial charge in [-0.3, -0.25) is 0 Å². The standard InChI is InChI=1S/C14H17NO3/c1-3-18-13-8-7-10(9-15-13)11-5-4-6-12(11)14(16)17-2/h7-9H,3-6H2,1-2H3. The van der Waals surface area contributed by atoms with Crippen molar-refractivity contribution >= 4 is 11.5 Å². The average Bonchev–Trinajstić information content (AvgIpc) is 2.88. The predicted molar refractivity (Wildman–Crippen MR) is 68.2 cm³/mol. The van der Waals surface area contributed by atoms with Gasteiger partial charge in [-0.1, -0.05) is 0 Å². The second-order valence-electron chi connectivity index (χ2n) is 4.12. The van der Waals surface area contributed by atoms with E-state index in [2.05, 4.69) is 4.98 Å². The number of allylic oxidation sites excluding steroid dienone is 1. The maximum atomic E-state index is 11.6. The first-order valence-electron chi connectivity index (χ1n) is 6.15. The average molecular weight is 247 g/mol. The Hall–Kier alpha value is -1.84. The fourth-order valence-corrected chi connectivity index (χ4v) is 2.20. The quantitative estimate of drug-likeness (QED) is 0.767. The van der Waals surface area contributed by atoms with Gasteiger partial charge in [0.25, 0.3) is 0 Å². The summed E-state index contributed by atoms with van der Waals surface area (Å²) in [5.41, 5.74) is 2.82. The summed E-state index contributed by atoms with van der Waals surface area (Å²) < 4.78 is 10.1. The van der Waals surface area contributed by atoms with Gasteiger partial charge in [0.1, 0.15) is 0 Å². The molecule has 0 atom stereocenters. The molecule has 1 aliphatic rings. The van der Waals surface area contributed by atoms with Crippen LogP contribution in [0.5, 0.6) is 5.88 Å². The summed E-state index contributed by atoms with van der Waals surface area (Å²) >= 11 is 0. The van der Waals surface area contributed by atoms with E-state index in [9.17, 15) is 4.79 Å². The van der Waals surface area contributed by atoms with E-state index in [-0.39, 0.29) is 5.97 Å². The fraction of sp³-hybridized carbons (Fsp3) is 0.429. The molecule has 4 heteroatoms. The molecule has 0 unspecified atom stereocenters. The number of nitrogens with zero attached hydrogens (tertiary/aromatic N) is 1. The van der Waals surface area contributed by atoms with Crippen LogP contribution in [0.2, 0.25) is 0 Å². The first-order chi connectivity index (χ1) is 8.76. The predicted octanol–water partition coefficient (Wildman–Crippen LogP) is 2.59. The summed E-state index contributed by atoms with van der Waals surface area (Å²) in [5, 5.41) is 0. The third-order valence-corrected chi connectivity index (χ3v) is 3.03. The van der Waals surface area contributed by atoms with E-state index in [0.29, 0.717) is 12.5 Å². The van der Waals surface area contributed by atoms with Crippen LogP contribution in [0.1, 0.15) is 31.7 Å². The van der Waals surface area contributed by atoms with Gasteiger partial charge < -0.3 is 9.47 Å². The lowest BCUT2D eigenvalue weighted by atomic mass is 10.0. The Morgan fingerprint density at radius 1 is 1.39 bits per heavy atom. The topological polar surface area (TPSA) is 48.4 Å². The largest absolute Gasteiger partial charge is 0.478 e. The van der Waals surface area contributed by atoms with Crippen LogP contribution in [0.15, 0.2) is 23.9 Å². The Labute approximate surface area is 107 Å². The molecule has 0 saturated heterocycles. The Balaban J connectivity index is 2.27. The van der Waals surface area contributed by atoms with Gasteiger partial charge in [-0.05, 0) is 43.4 Å². The SMILES string of the molecule is CCOc1ccc(C2=C(C(=O)OC)CCC2)cn1. The Morgan fingerprint density at radius 3 is 2.83 bits per heavy atom. The van der Waals surface area contributed by atoms with Crippen molar-refractivity contribution in [3.05, 3.63) is 29.5 Å². The van der Waals surface area contributed by atoms with E-state index >= 15 is 0 Å². The molecule has 1 aromatic heterocycles. The van der Waals surface area contributed by atoms with Crippen LogP contribution in [0.4, 0.5) is 0 Å². The van der Waals surface area contributed by atoms with Crippen LogP contribution >= 0.6 is 0 Å². The zero-order valence-corrected chi connectivity index (χ0v) is 10.7. The van der Waals surface area contributed by atoms with Crippen molar-refractivity contribution in [3.63, 3.8) is 0 Å². The summed E-state index contributed by atoms with van der Waals surface area (Å²) in [6.07, 6.45) is 4.44. The molecule has 18 heavy (non-hydrogen) atoms. The van der Waals surface area contributed by atoms with Crippen molar-refractivity contribution in [1.29, 1.82) is 0 Å². The summed E-state index contributed by atoms with van der Waals surface area (Å²) in [5.74, 6) is 0.385. The normalized spacial score (nSPS) is 14.8. The monoisotopic (exact) mass is 247 g/mol. The summed E-state index contributed by atoms with van der Waals surface area (Å²) in [7, 11) is 1.42. The van der Waals surface area contributed by atoms with Crippen molar-refractivity contribution in [2.75, 3.05) is 13.7 Å². The van der Waals surface area contributed by atoms with Crippen molar-refractivity contribution in [3.8, 4) is 5.88 Å². The molecule has 1 aromatic rings. The first kappa shape index (κ1) is 12.6. The summed E-state index contributed by atoms with van der Waals surface area (Å²) in [6.45, 7) is 2.52. The number of pyridine rings is 1. The van der Waals surface area contributed by atoms with Crippen LogP contribution in [0.25, 0.3) is 5.57 Å². The number of esters is 1. The molecule has 0 bridgehead atoms. The Bertz CT molecular complexity index is 462. The number of hydrogen-bond donors (Lipinski definition) is 0. The molecular weight excluding hydrogens is 230 g/mol. The highest BCUT2D eigenvalue weighted by Gasteiger charge is 2.22. The van der Waals surface area contributed by atoms with Crippen LogP contribution in [-0.2, 0) is 9.53 Å². The third kappa shape index (κ3) is 2.53. The van der Waals surface area contributed by atoms with Crippen LogP contribution in [0.3, 0.4) is 0 Å². The highest BCUT2D eigenvalue weighted by atomic mass is 16.5. The van der Waals surface area contributed by atoms with E-state index in [1.54, 1.807) is 6.20 Å². The number of carbonyl (C=O) groups excluding carboxylic acids is 1. The molecule has 0 fully saturated rings. The molecule has 96 valence electrons. The highest BCUT2D eigenvalue weighted by Crippen LogP contribution is 2.34. The lowest BCUT2D eigenvalue weighted by molar-refractivity contribution is -0.136. The third-order valence-electron chi connectivity index (χ3n) is 3.03. The highest BCUT2D eigenvalue weighted by molar-refractivity contribution is 5.98. The molecule has 1 aliphatic carbocycles. The van der Waals surface area contributed by atoms with Crippen LogP contribution < -0.4 is 4.74 Å². The Kier molecular flexibility index (Phi) is 3.97. The zero-order valence-electron chi connectivity index (χ0n) is 10.7. The van der Waals surface area contributed by atoms with Gasteiger partial charge in [-0.15, -0.1) is 0 Å². The number of hydrogen-bond acceptors (Lipinski definition) is 4. The van der Waals surface area contributed by atoms with E-state index in [0.717, 1.165) is 36.0 Å². The second kappa shape index (κ2) is 5.67. The minimum Gasteiger partial charge on any atom is -0.478 e. The number of rotatable bonds is 4. The zero-order chi connectivity index (χ0) is 13.0. The second-order valence-corrected chi connectivity index (χ2v) is 4.12. The van der Waals surface area contributed by atoms with Gasteiger partial charge in [0.15, 0.2) is 0 Å². The van der Waals surface area contributed by atoms with Gasteiger partial charge in [0, 0.05) is 17.8 Å². The molecule has 0 amide bonds. The first-order valence-corrected chi connectivity index (χ1v) is 6.15. The van der Waals surface area contributed by atoms with Crippen molar-refractivity contribution < 1.29 is 14.3 Å². The molecule has 0 saturated carbocycles. The van der Waals surface area contributed by atoms with Gasteiger partial charge in [-0.2, -0.15) is 0 Å². The molecular formula is C14H17NO3. The molecule has 0 N–H and O–H groups in total. The molecule has 2 rings (SSSR count). The van der Waals surface area contributed by atoms with Gasteiger partial charge in [-0.25, -0.2) is 9.78 Å². The van der Waals surface area contributed by atoms with E-state index < -0.39 is 0 Å². The molecule has 0 spiro atoms. The number of aromatic nitrogens is 1. The van der Waals surface area contributed by atoms with Crippen LogP contribution in [0, 0.1) is 0 Å². The van der Waals surface area contributed by atoms with Crippen molar-refractivity contribution in [2.45, 2.75) is 26.2 Å². The molecule has 4 nitrogen and oxygen atoms in total. The Morgan fingerprint density at radius 2 is 2.22 bits per heavy atom. The van der Waals surface area contributed by atoms with E-state index in [1.807, 2.05) is 19.1 Å². The van der Waals surface area contributed by atoms with Gasteiger partial charge in [0.05, 0.1) is 13.7 Å². The van der Waals surface area contributed by atoms with Crippen molar-refractivity contribution in [1.82, 2.24) is 4.98 Å². The summed E-state index contributed by atoms with van der Waals surface area (Å²) in [6, 6.07) is 3.78. The summed E-state index contributed by atoms with van der Waals surface area (Å²) in [4.78, 5) is 15.9. The van der Waals surface area contributed by atoms with E-state index in [4.69, 9.17) is 9.47 Å². The number of ether oxygens (including phenoxy) is 2. The maximum absolute atomic E-state index is 11.6. The number of carbonyl (C=O) groups is 1. The van der Waals surface area contributed by atoms with Gasteiger partial charge in [0.2, 0.25) is 5.88 Å². The smallest absolute Gasteiger partial charge is 0.334 e. The maximum Gasteiger partial charge on any atom is 0.334 e. The number of methoxy groups -OCH3 is 1. The van der Waals surface area contributed by atoms with Crippen molar-refractivity contribution in [2.24, 2.45) is 0 Å². The van der Waals surface area contributed by atoms with Gasteiger partial charge >= 0.3 is 5.97 Å². The minimum atomic E-state index is -0.226. The van der Waals surface area contributed by atoms with E-state index in [1.165, 1.54) is 7.11 Å². The lowest BCUT2D eigenvalue weighted by Gasteiger charge is -2.07. The molecule has 0 aliphatic heterocycles. The molecule has 0 aromatic carbocycles. The van der Waals surface area contributed by atoms with Crippen LogP contribution in [-0.4, -0.2) is 24.7 Å². The minimum absolute atomic E-state index is 0.226. The molecule has 1 heterocycles. The lowest BCUT2D eigenvalue weighted by Crippen LogP contribution is -2.04. The molecule has 0 radical (unpaired) electrons. The fourth-order valence-electron chi connectivity index (χ4n) is 2.20.